The Labute approximate surface area is 146 Å². The zero-order valence-corrected chi connectivity index (χ0v) is 13.9. The van der Waals surface area contributed by atoms with E-state index in [9.17, 15) is 22.4 Å². The number of hydrogen-bond acceptors (Lipinski definition) is 3. The minimum absolute atomic E-state index is 0.0793. The fraction of sp³-hybridized carbons (Fsp3) is 0.529. The van der Waals surface area contributed by atoms with Crippen LogP contribution in [-0.4, -0.2) is 52.4 Å². The second-order valence-corrected chi connectivity index (χ2v) is 6.85. The predicted molar refractivity (Wildman–Crippen MR) is 86.1 cm³/mol. The molecule has 2 aliphatic heterocycles. The topological polar surface area (TPSA) is 50.2 Å². The summed E-state index contributed by atoms with van der Waals surface area (Å²) in [5.41, 5.74) is 1.18. The van der Waals surface area contributed by atoms with Gasteiger partial charge in [0.2, 0.25) is 5.91 Å². The zero-order chi connectivity index (χ0) is 18.5. The molecule has 2 aromatic rings. The van der Waals surface area contributed by atoms with E-state index in [0.29, 0.717) is 11.9 Å². The van der Waals surface area contributed by atoms with Gasteiger partial charge in [0.15, 0.2) is 0 Å². The highest BCUT2D eigenvalue weighted by atomic mass is 19.4. The molecule has 2 saturated heterocycles. The van der Waals surface area contributed by atoms with Crippen LogP contribution in [0.25, 0.3) is 10.9 Å². The third-order valence-electron chi connectivity index (χ3n) is 5.15. The third kappa shape index (κ3) is 2.94. The van der Waals surface area contributed by atoms with Crippen molar-refractivity contribution in [2.45, 2.75) is 37.5 Å². The highest BCUT2D eigenvalue weighted by Crippen LogP contribution is 2.33. The Bertz CT molecular complexity index is 843. The van der Waals surface area contributed by atoms with Crippen LogP contribution < -0.4 is 5.32 Å². The normalized spacial score (nSPS) is 21.4. The van der Waals surface area contributed by atoms with Crippen molar-refractivity contribution in [3.63, 3.8) is 0 Å². The first-order valence-electron chi connectivity index (χ1n) is 8.57. The minimum Gasteiger partial charge on any atom is -0.329 e. The number of alkyl halides is 3. The van der Waals surface area contributed by atoms with Crippen molar-refractivity contribution in [3.8, 4) is 0 Å². The SMILES string of the molecule is O=C(Cn1nc(C2CNC2)c2ccc(F)cc21)N1CCC[C@H]1C(F)(F)F. The van der Waals surface area contributed by atoms with Crippen molar-refractivity contribution in [3.05, 3.63) is 29.7 Å². The first-order valence-corrected chi connectivity index (χ1v) is 8.57. The molecule has 2 aliphatic rings. The Kier molecular flexibility index (Phi) is 4.13. The molecule has 0 radical (unpaired) electrons. The molecule has 0 aliphatic carbocycles. The summed E-state index contributed by atoms with van der Waals surface area (Å²) in [5, 5.41) is 8.30. The van der Waals surface area contributed by atoms with Crippen LogP contribution in [0.4, 0.5) is 17.6 Å². The molecule has 2 fully saturated rings. The van der Waals surface area contributed by atoms with E-state index in [0.717, 1.165) is 29.1 Å². The second kappa shape index (κ2) is 6.22. The fourth-order valence-electron chi connectivity index (χ4n) is 3.70. The van der Waals surface area contributed by atoms with Gasteiger partial charge in [-0.25, -0.2) is 4.39 Å². The van der Waals surface area contributed by atoms with E-state index in [1.54, 1.807) is 6.07 Å². The van der Waals surface area contributed by atoms with Gasteiger partial charge in [0.05, 0.1) is 11.2 Å². The highest BCUT2D eigenvalue weighted by molar-refractivity contribution is 5.85. The average Bonchev–Trinajstić information content (AvgIpc) is 3.11. The molecule has 26 heavy (non-hydrogen) atoms. The van der Waals surface area contributed by atoms with Crippen LogP contribution in [0.5, 0.6) is 0 Å². The summed E-state index contributed by atoms with van der Waals surface area (Å²) in [7, 11) is 0. The number of benzene rings is 1. The molecule has 1 amide bonds. The Morgan fingerprint density at radius 3 is 2.73 bits per heavy atom. The van der Waals surface area contributed by atoms with Gasteiger partial charge < -0.3 is 10.2 Å². The Morgan fingerprint density at radius 2 is 2.08 bits per heavy atom. The number of likely N-dealkylation sites (tertiary alicyclic amines) is 1. The van der Waals surface area contributed by atoms with Gasteiger partial charge >= 0.3 is 6.18 Å². The number of carbonyl (C=O) groups excluding carboxylic acids is 1. The van der Waals surface area contributed by atoms with Gasteiger partial charge in [0.25, 0.3) is 0 Å². The Hall–Kier alpha value is -2.16. The van der Waals surface area contributed by atoms with Crippen molar-refractivity contribution in [1.82, 2.24) is 20.0 Å². The van der Waals surface area contributed by atoms with E-state index in [4.69, 9.17) is 0 Å². The number of amides is 1. The lowest BCUT2D eigenvalue weighted by Gasteiger charge is -2.26. The number of carbonyl (C=O) groups is 1. The molecule has 1 atom stereocenters. The number of aromatic nitrogens is 2. The molecule has 1 aromatic carbocycles. The van der Waals surface area contributed by atoms with Crippen LogP contribution in [0.15, 0.2) is 18.2 Å². The summed E-state index contributed by atoms with van der Waals surface area (Å²) in [6.07, 6.45) is -4.20. The summed E-state index contributed by atoms with van der Waals surface area (Å²) >= 11 is 0. The zero-order valence-electron chi connectivity index (χ0n) is 13.9. The number of fused-ring (bicyclic) bond motifs is 1. The van der Waals surface area contributed by atoms with E-state index >= 15 is 0 Å². The van der Waals surface area contributed by atoms with Gasteiger partial charge in [-0.1, -0.05) is 0 Å². The summed E-state index contributed by atoms with van der Waals surface area (Å²) in [6, 6.07) is 2.46. The van der Waals surface area contributed by atoms with Crippen LogP contribution in [0.3, 0.4) is 0 Å². The van der Waals surface area contributed by atoms with Crippen LogP contribution in [0.1, 0.15) is 24.5 Å². The van der Waals surface area contributed by atoms with E-state index in [2.05, 4.69) is 10.4 Å². The van der Waals surface area contributed by atoms with Gasteiger partial charge in [-0.05, 0) is 31.0 Å². The maximum atomic E-state index is 13.7. The van der Waals surface area contributed by atoms with Crippen LogP contribution in [0.2, 0.25) is 0 Å². The molecule has 0 unspecified atom stereocenters. The second-order valence-electron chi connectivity index (χ2n) is 6.85. The summed E-state index contributed by atoms with van der Waals surface area (Å²) < 4.78 is 54.3. The monoisotopic (exact) mass is 370 g/mol. The highest BCUT2D eigenvalue weighted by Gasteiger charge is 2.47. The summed E-state index contributed by atoms with van der Waals surface area (Å²) in [4.78, 5) is 13.4. The van der Waals surface area contributed by atoms with Crippen molar-refractivity contribution >= 4 is 16.8 Å². The molecule has 140 valence electrons. The molecule has 9 heteroatoms. The van der Waals surface area contributed by atoms with Crippen LogP contribution >= 0.6 is 0 Å². The number of hydrogen-bond donors (Lipinski definition) is 1. The molecule has 1 N–H and O–H groups in total. The van der Waals surface area contributed by atoms with Crippen LogP contribution in [0, 0.1) is 5.82 Å². The molecule has 0 saturated carbocycles. The lowest BCUT2D eigenvalue weighted by molar-refractivity contribution is -0.183. The first-order chi connectivity index (χ1) is 12.3. The molecule has 4 rings (SSSR count). The predicted octanol–water partition coefficient (Wildman–Crippen LogP) is 2.42. The molecular weight excluding hydrogens is 352 g/mol. The molecular formula is C17H18F4N4O. The van der Waals surface area contributed by atoms with E-state index in [-0.39, 0.29) is 25.4 Å². The van der Waals surface area contributed by atoms with E-state index in [1.807, 2.05) is 0 Å². The quantitative estimate of drug-likeness (QED) is 0.845. The van der Waals surface area contributed by atoms with Gasteiger partial charge in [0, 0.05) is 30.9 Å². The third-order valence-corrected chi connectivity index (χ3v) is 5.15. The number of nitrogens with zero attached hydrogens (tertiary/aromatic N) is 3. The lowest BCUT2D eigenvalue weighted by atomic mass is 9.96. The van der Waals surface area contributed by atoms with Crippen molar-refractivity contribution in [1.29, 1.82) is 0 Å². The molecule has 5 nitrogen and oxygen atoms in total. The number of halogens is 4. The van der Waals surface area contributed by atoms with Crippen molar-refractivity contribution < 1.29 is 22.4 Å². The lowest BCUT2D eigenvalue weighted by Crippen LogP contribution is -2.45. The summed E-state index contributed by atoms with van der Waals surface area (Å²) in [5.74, 6) is -0.954. The first kappa shape index (κ1) is 17.3. The average molecular weight is 370 g/mol. The van der Waals surface area contributed by atoms with Gasteiger partial charge in [-0.2, -0.15) is 18.3 Å². The van der Waals surface area contributed by atoms with Crippen molar-refractivity contribution in [2.24, 2.45) is 0 Å². The minimum atomic E-state index is -4.44. The van der Waals surface area contributed by atoms with E-state index in [1.165, 1.54) is 16.8 Å². The van der Waals surface area contributed by atoms with Gasteiger partial charge in [0.1, 0.15) is 18.4 Å². The number of rotatable bonds is 3. The van der Waals surface area contributed by atoms with Gasteiger partial charge in [-0.3, -0.25) is 9.48 Å². The molecule has 3 heterocycles. The maximum Gasteiger partial charge on any atom is 0.408 e. The largest absolute Gasteiger partial charge is 0.408 e. The fourth-order valence-corrected chi connectivity index (χ4v) is 3.70. The van der Waals surface area contributed by atoms with Gasteiger partial charge in [-0.15, -0.1) is 0 Å². The molecule has 0 bridgehead atoms. The number of nitrogens with one attached hydrogen (secondary N) is 1. The summed E-state index contributed by atoms with van der Waals surface area (Å²) in [6.45, 7) is 1.22. The Balaban J connectivity index is 1.64. The molecule has 0 spiro atoms. The smallest absolute Gasteiger partial charge is 0.329 e. The maximum absolute atomic E-state index is 13.7. The molecule has 1 aromatic heterocycles. The standard InChI is InChI=1S/C17H18F4N4O/c18-11-3-4-12-13(6-11)25(23-16(12)10-7-22-8-10)9-15(26)24-5-1-2-14(24)17(19,20)21/h3-4,6,10,14,22H,1-2,5,7-9H2/t14-/m0/s1. The van der Waals surface area contributed by atoms with Crippen molar-refractivity contribution in [2.75, 3.05) is 19.6 Å². The van der Waals surface area contributed by atoms with Crippen LogP contribution in [-0.2, 0) is 11.3 Å². The van der Waals surface area contributed by atoms with E-state index < -0.39 is 23.9 Å². The Morgan fingerprint density at radius 1 is 1.31 bits per heavy atom.